The van der Waals surface area contributed by atoms with Crippen molar-refractivity contribution in [3.8, 4) is 0 Å². The smallest absolute Gasteiger partial charge is 0.379 e. The lowest BCUT2D eigenvalue weighted by Crippen LogP contribution is -2.42. The molecule has 0 aliphatic carbocycles. The van der Waals surface area contributed by atoms with Crippen molar-refractivity contribution in [3.05, 3.63) is 35.9 Å². The van der Waals surface area contributed by atoms with Gasteiger partial charge in [-0.3, -0.25) is 9.89 Å². The van der Waals surface area contributed by atoms with E-state index in [1.54, 1.807) is 0 Å². The normalized spacial score (nSPS) is 17.8. The molecule has 1 saturated heterocycles. The summed E-state index contributed by atoms with van der Waals surface area (Å²) in [7, 11) is 0. The zero-order chi connectivity index (χ0) is 18.8. The maximum atomic E-state index is 12.4. The molecule has 1 heterocycles. The van der Waals surface area contributed by atoms with Crippen molar-refractivity contribution < 1.29 is 17.9 Å². The van der Waals surface area contributed by atoms with Gasteiger partial charge in [-0.05, 0) is 12.5 Å². The Hall–Kier alpha value is -1.80. The second kappa shape index (κ2) is 10.4. The molecule has 5 nitrogen and oxygen atoms in total. The Labute approximate surface area is 152 Å². The topological polar surface area (TPSA) is 48.9 Å². The summed E-state index contributed by atoms with van der Waals surface area (Å²) in [6.45, 7) is 5.73. The largest absolute Gasteiger partial charge is 0.390 e. The van der Waals surface area contributed by atoms with Gasteiger partial charge in [0, 0.05) is 26.2 Å². The zero-order valence-corrected chi connectivity index (χ0v) is 15.1. The summed E-state index contributed by atoms with van der Waals surface area (Å²) in [6.07, 6.45) is -5.06. The third-order valence-corrected chi connectivity index (χ3v) is 4.14. The number of hydrogen-bond donors (Lipinski definition) is 2. The zero-order valence-electron chi connectivity index (χ0n) is 15.1. The number of morpholine rings is 1. The molecule has 0 saturated carbocycles. The number of alkyl halides is 3. The highest BCUT2D eigenvalue weighted by Crippen LogP contribution is 2.22. The molecule has 2 N–H and O–H groups in total. The number of benzene rings is 1. The molecular weight excluding hydrogens is 345 g/mol. The molecule has 0 spiro atoms. The molecule has 146 valence electrons. The monoisotopic (exact) mass is 372 g/mol. The summed E-state index contributed by atoms with van der Waals surface area (Å²) in [6, 6.07) is 10.1. The standard InChI is InChI=1S/C18H27F3N4O/c1-2-22-17(23-9-8-18(19,20)21)24-14-16(15-6-4-3-5-7-15)25-10-12-26-13-11-25/h3-7,16H,2,8-14H2,1H3,(H2,22,23,24). The quantitative estimate of drug-likeness (QED) is 0.571. The highest BCUT2D eigenvalue weighted by molar-refractivity contribution is 5.79. The number of aliphatic imine (C=N–C) groups is 1. The van der Waals surface area contributed by atoms with Crippen LogP contribution >= 0.6 is 0 Å². The third kappa shape index (κ3) is 7.21. The fourth-order valence-corrected chi connectivity index (χ4v) is 2.84. The van der Waals surface area contributed by atoms with E-state index in [-0.39, 0.29) is 12.6 Å². The molecule has 0 bridgehead atoms. The van der Waals surface area contributed by atoms with Gasteiger partial charge < -0.3 is 15.4 Å². The lowest BCUT2D eigenvalue weighted by molar-refractivity contribution is -0.132. The highest BCUT2D eigenvalue weighted by atomic mass is 19.4. The number of rotatable bonds is 7. The van der Waals surface area contributed by atoms with Gasteiger partial charge in [0.15, 0.2) is 5.96 Å². The predicted octanol–water partition coefficient (Wildman–Crippen LogP) is 2.57. The van der Waals surface area contributed by atoms with Crippen LogP contribution in [0, 0.1) is 0 Å². The first kappa shape index (κ1) is 20.5. The van der Waals surface area contributed by atoms with Crippen LogP contribution in [0.3, 0.4) is 0 Å². The number of ether oxygens (including phenoxy) is 1. The first-order chi connectivity index (χ1) is 12.5. The molecule has 1 fully saturated rings. The molecule has 1 aromatic rings. The number of nitrogens with zero attached hydrogens (tertiary/aromatic N) is 2. The molecule has 1 aliphatic heterocycles. The van der Waals surface area contributed by atoms with E-state index in [0.717, 1.165) is 18.7 Å². The van der Waals surface area contributed by atoms with Crippen molar-refractivity contribution in [2.75, 3.05) is 45.9 Å². The van der Waals surface area contributed by atoms with Gasteiger partial charge >= 0.3 is 6.18 Å². The summed E-state index contributed by atoms with van der Waals surface area (Å²) in [5.74, 6) is 0.408. The molecule has 8 heteroatoms. The lowest BCUT2D eigenvalue weighted by atomic mass is 10.1. The average molecular weight is 372 g/mol. The van der Waals surface area contributed by atoms with Crippen LogP contribution in [0.25, 0.3) is 0 Å². The van der Waals surface area contributed by atoms with Gasteiger partial charge in [-0.2, -0.15) is 13.2 Å². The summed E-state index contributed by atoms with van der Waals surface area (Å²) in [5, 5.41) is 5.77. The van der Waals surface area contributed by atoms with Crippen LogP contribution in [0.1, 0.15) is 24.9 Å². The Kier molecular flexibility index (Phi) is 8.18. The van der Waals surface area contributed by atoms with E-state index < -0.39 is 12.6 Å². The first-order valence-corrected chi connectivity index (χ1v) is 8.95. The van der Waals surface area contributed by atoms with Crippen LogP contribution in [-0.4, -0.2) is 63.0 Å². The van der Waals surface area contributed by atoms with Gasteiger partial charge in [0.1, 0.15) is 0 Å². The van der Waals surface area contributed by atoms with Gasteiger partial charge in [-0.1, -0.05) is 30.3 Å². The van der Waals surface area contributed by atoms with Gasteiger partial charge in [-0.15, -0.1) is 0 Å². The van der Waals surface area contributed by atoms with Crippen LogP contribution < -0.4 is 10.6 Å². The van der Waals surface area contributed by atoms with Crippen molar-refractivity contribution in [1.82, 2.24) is 15.5 Å². The Morgan fingerprint density at radius 3 is 2.50 bits per heavy atom. The number of halogens is 3. The molecule has 1 unspecified atom stereocenters. The minimum absolute atomic E-state index is 0.0678. The number of hydrogen-bond acceptors (Lipinski definition) is 3. The van der Waals surface area contributed by atoms with Crippen LogP contribution in [0.5, 0.6) is 0 Å². The van der Waals surface area contributed by atoms with E-state index in [1.807, 2.05) is 25.1 Å². The van der Waals surface area contributed by atoms with E-state index in [2.05, 4.69) is 32.7 Å². The molecule has 1 atom stereocenters. The summed E-state index contributed by atoms with van der Waals surface area (Å²) < 4.78 is 42.5. The second-order valence-corrected chi connectivity index (χ2v) is 6.09. The summed E-state index contributed by atoms with van der Waals surface area (Å²) in [4.78, 5) is 6.84. The molecule has 1 aromatic carbocycles. The molecule has 0 amide bonds. The van der Waals surface area contributed by atoms with E-state index in [4.69, 9.17) is 4.74 Å². The Bertz CT molecular complexity index is 545. The average Bonchev–Trinajstić information content (AvgIpc) is 2.62. The molecule has 1 aliphatic rings. The van der Waals surface area contributed by atoms with Crippen LogP contribution in [0.2, 0.25) is 0 Å². The van der Waals surface area contributed by atoms with Crippen molar-refractivity contribution in [1.29, 1.82) is 0 Å². The summed E-state index contributed by atoms with van der Waals surface area (Å²) >= 11 is 0. The van der Waals surface area contributed by atoms with E-state index in [9.17, 15) is 13.2 Å². The van der Waals surface area contributed by atoms with Gasteiger partial charge in [0.05, 0.1) is 32.2 Å². The van der Waals surface area contributed by atoms with Crippen LogP contribution in [0.4, 0.5) is 13.2 Å². The highest BCUT2D eigenvalue weighted by Gasteiger charge is 2.26. The van der Waals surface area contributed by atoms with E-state index >= 15 is 0 Å². The van der Waals surface area contributed by atoms with Crippen molar-refractivity contribution in [2.24, 2.45) is 4.99 Å². The van der Waals surface area contributed by atoms with Crippen molar-refractivity contribution >= 4 is 5.96 Å². The van der Waals surface area contributed by atoms with E-state index in [1.165, 1.54) is 0 Å². The number of guanidine groups is 1. The van der Waals surface area contributed by atoms with Crippen LogP contribution in [0.15, 0.2) is 35.3 Å². The molecular formula is C18H27F3N4O. The Balaban J connectivity index is 2.04. The maximum absolute atomic E-state index is 12.4. The second-order valence-electron chi connectivity index (χ2n) is 6.09. The first-order valence-electron chi connectivity index (χ1n) is 8.95. The van der Waals surface area contributed by atoms with Crippen molar-refractivity contribution in [2.45, 2.75) is 25.6 Å². The lowest BCUT2D eigenvalue weighted by Gasteiger charge is -2.34. The molecule has 0 aromatic heterocycles. The van der Waals surface area contributed by atoms with Crippen molar-refractivity contribution in [3.63, 3.8) is 0 Å². The van der Waals surface area contributed by atoms with Gasteiger partial charge in [-0.25, -0.2) is 0 Å². The molecule has 26 heavy (non-hydrogen) atoms. The molecule has 2 rings (SSSR count). The van der Waals surface area contributed by atoms with Crippen LogP contribution in [-0.2, 0) is 4.74 Å². The minimum Gasteiger partial charge on any atom is -0.379 e. The van der Waals surface area contributed by atoms with E-state index in [0.29, 0.717) is 32.3 Å². The fraction of sp³-hybridized carbons (Fsp3) is 0.611. The molecule has 0 radical (unpaired) electrons. The fourth-order valence-electron chi connectivity index (χ4n) is 2.84. The maximum Gasteiger partial charge on any atom is 0.390 e. The SMILES string of the molecule is CCNC(=NCC(c1ccccc1)N1CCOCC1)NCCC(F)(F)F. The Morgan fingerprint density at radius 1 is 1.19 bits per heavy atom. The van der Waals surface area contributed by atoms with Gasteiger partial charge in [0.2, 0.25) is 0 Å². The number of nitrogens with one attached hydrogen (secondary N) is 2. The van der Waals surface area contributed by atoms with Gasteiger partial charge in [0.25, 0.3) is 0 Å². The predicted molar refractivity (Wildman–Crippen MR) is 96.2 cm³/mol. The summed E-state index contributed by atoms with van der Waals surface area (Å²) in [5.41, 5.74) is 1.14. The Morgan fingerprint density at radius 2 is 1.88 bits per heavy atom. The third-order valence-electron chi connectivity index (χ3n) is 4.14. The minimum atomic E-state index is -4.18.